The molecule has 0 saturated carbocycles. The van der Waals surface area contributed by atoms with Gasteiger partial charge < -0.3 is 5.73 Å². The van der Waals surface area contributed by atoms with Crippen molar-refractivity contribution in [3.63, 3.8) is 0 Å². The van der Waals surface area contributed by atoms with Crippen LogP contribution in [0.2, 0.25) is 0 Å². The summed E-state index contributed by atoms with van der Waals surface area (Å²) in [5.74, 6) is 0.796. The standard InChI is InChI=1S/C15H27N3O/c1-3-5-13(8-9-16)6-7-15(19)14-11-17-18(12-14)10-4-2/h11-13H,3-10,16H2,1-2H3. The fourth-order valence-corrected chi connectivity index (χ4v) is 2.42. The van der Waals surface area contributed by atoms with Crippen LogP contribution in [0.25, 0.3) is 0 Å². The topological polar surface area (TPSA) is 60.9 Å². The first-order valence-electron chi connectivity index (χ1n) is 7.46. The summed E-state index contributed by atoms with van der Waals surface area (Å²) in [6.07, 6.45) is 9.50. The van der Waals surface area contributed by atoms with E-state index in [4.69, 9.17) is 5.73 Å². The lowest BCUT2D eigenvalue weighted by Gasteiger charge is -2.13. The molecule has 0 aliphatic rings. The molecule has 1 rings (SSSR count). The van der Waals surface area contributed by atoms with Gasteiger partial charge in [0, 0.05) is 19.2 Å². The van der Waals surface area contributed by atoms with Crippen LogP contribution in [0.3, 0.4) is 0 Å². The summed E-state index contributed by atoms with van der Waals surface area (Å²) in [4.78, 5) is 12.1. The largest absolute Gasteiger partial charge is 0.330 e. The number of carbonyl (C=O) groups is 1. The highest BCUT2D eigenvalue weighted by atomic mass is 16.1. The van der Waals surface area contributed by atoms with Gasteiger partial charge in [-0.25, -0.2) is 0 Å². The Balaban J connectivity index is 2.44. The van der Waals surface area contributed by atoms with Crippen molar-refractivity contribution in [2.75, 3.05) is 6.54 Å². The molecule has 1 heterocycles. The first kappa shape index (κ1) is 15.9. The lowest BCUT2D eigenvalue weighted by atomic mass is 9.93. The summed E-state index contributed by atoms with van der Waals surface area (Å²) in [6.45, 7) is 5.87. The van der Waals surface area contributed by atoms with Crippen LogP contribution >= 0.6 is 0 Å². The van der Waals surface area contributed by atoms with E-state index >= 15 is 0 Å². The second kappa shape index (κ2) is 8.86. The van der Waals surface area contributed by atoms with Gasteiger partial charge in [-0.1, -0.05) is 26.7 Å². The first-order valence-corrected chi connectivity index (χ1v) is 7.46. The molecule has 1 aromatic heterocycles. The van der Waals surface area contributed by atoms with Crippen molar-refractivity contribution in [2.45, 2.75) is 58.9 Å². The molecule has 0 aliphatic carbocycles. The molecule has 0 bridgehead atoms. The van der Waals surface area contributed by atoms with Crippen LogP contribution in [-0.2, 0) is 6.54 Å². The molecule has 2 N–H and O–H groups in total. The molecule has 19 heavy (non-hydrogen) atoms. The monoisotopic (exact) mass is 265 g/mol. The minimum atomic E-state index is 0.209. The number of aryl methyl sites for hydroxylation is 1. The molecule has 1 atom stereocenters. The van der Waals surface area contributed by atoms with E-state index in [2.05, 4.69) is 18.9 Å². The molecule has 0 spiro atoms. The number of aromatic nitrogens is 2. The van der Waals surface area contributed by atoms with Gasteiger partial charge in [-0.05, 0) is 31.7 Å². The molecule has 1 aromatic rings. The molecule has 0 fully saturated rings. The van der Waals surface area contributed by atoms with Crippen LogP contribution in [0.5, 0.6) is 0 Å². The Labute approximate surface area is 116 Å². The fourth-order valence-electron chi connectivity index (χ4n) is 2.42. The van der Waals surface area contributed by atoms with E-state index < -0.39 is 0 Å². The van der Waals surface area contributed by atoms with Gasteiger partial charge in [0.25, 0.3) is 0 Å². The molecular formula is C15H27N3O. The molecule has 0 aliphatic heterocycles. The maximum atomic E-state index is 12.1. The Kier molecular flexibility index (Phi) is 7.41. The second-order valence-corrected chi connectivity index (χ2v) is 5.19. The van der Waals surface area contributed by atoms with Crippen molar-refractivity contribution < 1.29 is 4.79 Å². The minimum Gasteiger partial charge on any atom is -0.330 e. The molecule has 4 heteroatoms. The molecule has 0 saturated heterocycles. The smallest absolute Gasteiger partial charge is 0.166 e. The minimum absolute atomic E-state index is 0.209. The van der Waals surface area contributed by atoms with Gasteiger partial charge in [0.15, 0.2) is 5.78 Å². The quantitative estimate of drug-likeness (QED) is 0.661. The average molecular weight is 265 g/mol. The van der Waals surface area contributed by atoms with E-state index in [0.717, 1.165) is 37.8 Å². The Morgan fingerprint density at radius 1 is 1.32 bits per heavy atom. The number of ketones is 1. The van der Waals surface area contributed by atoms with Gasteiger partial charge >= 0.3 is 0 Å². The van der Waals surface area contributed by atoms with Crippen LogP contribution in [0.1, 0.15) is 62.7 Å². The number of hydrogen-bond acceptors (Lipinski definition) is 3. The number of carbonyl (C=O) groups excluding carboxylic acids is 1. The molecular weight excluding hydrogens is 238 g/mol. The van der Waals surface area contributed by atoms with Crippen LogP contribution in [-0.4, -0.2) is 22.1 Å². The maximum Gasteiger partial charge on any atom is 0.166 e. The van der Waals surface area contributed by atoms with E-state index in [1.54, 1.807) is 6.20 Å². The second-order valence-electron chi connectivity index (χ2n) is 5.19. The Hall–Kier alpha value is -1.16. The van der Waals surface area contributed by atoms with Crippen molar-refractivity contribution in [3.8, 4) is 0 Å². The van der Waals surface area contributed by atoms with Crippen molar-refractivity contribution >= 4 is 5.78 Å². The van der Waals surface area contributed by atoms with Gasteiger partial charge in [0.05, 0.1) is 11.8 Å². The molecule has 1 unspecified atom stereocenters. The predicted octanol–water partition coefficient (Wildman–Crippen LogP) is 3.02. The van der Waals surface area contributed by atoms with Crippen LogP contribution in [0.15, 0.2) is 12.4 Å². The Morgan fingerprint density at radius 3 is 2.74 bits per heavy atom. The number of rotatable bonds is 10. The lowest BCUT2D eigenvalue weighted by molar-refractivity contribution is 0.0972. The number of nitrogens with two attached hydrogens (primary N) is 1. The summed E-state index contributed by atoms with van der Waals surface area (Å²) in [6, 6.07) is 0. The fraction of sp³-hybridized carbons (Fsp3) is 0.733. The zero-order valence-electron chi connectivity index (χ0n) is 12.3. The molecule has 4 nitrogen and oxygen atoms in total. The zero-order chi connectivity index (χ0) is 14.1. The first-order chi connectivity index (χ1) is 9.21. The normalized spacial score (nSPS) is 12.6. The summed E-state index contributed by atoms with van der Waals surface area (Å²) in [7, 11) is 0. The Morgan fingerprint density at radius 2 is 2.11 bits per heavy atom. The van der Waals surface area contributed by atoms with Gasteiger partial charge in [0.2, 0.25) is 0 Å². The maximum absolute atomic E-state index is 12.1. The van der Waals surface area contributed by atoms with Crippen LogP contribution in [0, 0.1) is 5.92 Å². The highest BCUT2D eigenvalue weighted by Gasteiger charge is 2.13. The average Bonchev–Trinajstić information content (AvgIpc) is 2.85. The van der Waals surface area contributed by atoms with Gasteiger partial charge in [0.1, 0.15) is 0 Å². The molecule has 0 aromatic carbocycles. The highest BCUT2D eigenvalue weighted by molar-refractivity contribution is 5.95. The summed E-state index contributed by atoms with van der Waals surface area (Å²) >= 11 is 0. The van der Waals surface area contributed by atoms with Crippen molar-refractivity contribution in [1.82, 2.24) is 9.78 Å². The SMILES string of the molecule is CCCC(CCN)CCC(=O)c1cnn(CCC)c1. The Bertz CT molecular complexity index is 367. The summed E-state index contributed by atoms with van der Waals surface area (Å²) in [5, 5.41) is 4.20. The molecule has 108 valence electrons. The van der Waals surface area contributed by atoms with Gasteiger partial charge in [-0.2, -0.15) is 5.10 Å². The van der Waals surface area contributed by atoms with Crippen molar-refractivity contribution in [1.29, 1.82) is 0 Å². The number of Topliss-reactive ketones (excluding diaryl/α,β-unsaturated/α-hetero) is 1. The van der Waals surface area contributed by atoms with E-state index in [1.807, 2.05) is 10.9 Å². The van der Waals surface area contributed by atoms with E-state index in [9.17, 15) is 4.79 Å². The third kappa shape index (κ3) is 5.55. The molecule has 0 radical (unpaired) electrons. The van der Waals surface area contributed by atoms with E-state index in [1.165, 1.54) is 6.42 Å². The zero-order valence-corrected chi connectivity index (χ0v) is 12.3. The highest BCUT2D eigenvalue weighted by Crippen LogP contribution is 2.18. The van der Waals surface area contributed by atoms with Crippen molar-refractivity contribution in [3.05, 3.63) is 18.0 Å². The predicted molar refractivity (Wildman–Crippen MR) is 78.2 cm³/mol. The van der Waals surface area contributed by atoms with Crippen LogP contribution in [0.4, 0.5) is 0 Å². The van der Waals surface area contributed by atoms with Crippen LogP contribution < -0.4 is 5.73 Å². The number of nitrogens with zero attached hydrogens (tertiary/aromatic N) is 2. The third-order valence-corrected chi connectivity index (χ3v) is 3.46. The number of hydrogen-bond donors (Lipinski definition) is 1. The van der Waals surface area contributed by atoms with Crippen molar-refractivity contribution in [2.24, 2.45) is 11.7 Å². The van der Waals surface area contributed by atoms with Gasteiger partial charge in [-0.3, -0.25) is 9.48 Å². The molecule has 0 amide bonds. The van der Waals surface area contributed by atoms with Gasteiger partial charge in [-0.15, -0.1) is 0 Å². The third-order valence-electron chi connectivity index (χ3n) is 3.46. The summed E-state index contributed by atoms with van der Waals surface area (Å²) < 4.78 is 1.84. The van der Waals surface area contributed by atoms with E-state index in [0.29, 0.717) is 18.9 Å². The summed E-state index contributed by atoms with van der Waals surface area (Å²) in [5.41, 5.74) is 6.36. The lowest BCUT2D eigenvalue weighted by Crippen LogP contribution is -2.10. The van der Waals surface area contributed by atoms with E-state index in [-0.39, 0.29) is 5.78 Å².